The third-order valence-corrected chi connectivity index (χ3v) is 4.24. The van der Waals surface area contributed by atoms with Crippen molar-refractivity contribution < 1.29 is 9.21 Å². The van der Waals surface area contributed by atoms with Crippen molar-refractivity contribution in [1.29, 1.82) is 0 Å². The van der Waals surface area contributed by atoms with Crippen LogP contribution in [-0.2, 0) is 4.79 Å². The van der Waals surface area contributed by atoms with E-state index >= 15 is 0 Å². The summed E-state index contributed by atoms with van der Waals surface area (Å²) in [5.41, 5.74) is 4.01. The molecule has 132 valence electrons. The van der Waals surface area contributed by atoms with E-state index in [9.17, 15) is 4.79 Å². The van der Waals surface area contributed by atoms with Gasteiger partial charge >= 0.3 is 0 Å². The molecule has 3 aromatic carbocycles. The maximum absolute atomic E-state index is 12.1. The van der Waals surface area contributed by atoms with Crippen LogP contribution in [-0.4, -0.2) is 10.9 Å². The summed E-state index contributed by atoms with van der Waals surface area (Å²) in [5.74, 6) is 0.344. The van der Waals surface area contributed by atoms with Gasteiger partial charge in [0.1, 0.15) is 5.52 Å². The van der Waals surface area contributed by atoms with Gasteiger partial charge in [0.2, 0.25) is 11.8 Å². The molecule has 0 saturated heterocycles. The summed E-state index contributed by atoms with van der Waals surface area (Å²) in [5, 5.41) is 3.49. The highest BCUT2D eigenvalue weighted by atomic mass is 35.5. The number of amides is 1. The predicted octanol–water partition coefficient (Wildman–Crippen LogP) is 5.80. The molecular weight excluding hydrogens is 360 g/mol. The van der Waals surface area contributed by atoms with Gasteiger partial charge in [-0.3, -0.25) is 4.79 Å². The van der Waals surface area contributed by atoms with Crippen LogP contribution in [0.5, 0.6) is 0 Å². The number of carbonyl (C=O) groups is 1. The lowest BCUT2D eigenvalue weighted by molar-refractivity contribution is -0.111. The maximum Gasteiger partial charge on any atom is 0.248 e. The zero-order chi connectivity index (χ0) is 18.6. The molecule has 0 radical (unpaired) electrons. The van der Waals surface area contributed by atoms with Gasteiger partial charge in [0.05, 0.1) is 0 Å². The van der Waals surface area contributed by atoms with Crippen molar-refractivity contribution in [2.45, 2.75) is 0 Å². The zero-order valence-electron chi connectivity index (χ0n) is 14.2. The third-order valence-electron chi connectivity index (χ3n) is 3.99. The van der Waals surface area contributed by atoms with Gasteiger partial charge in [-0.05, 0) is 60.2 Å². The van der Waals surface area contributed by atoms with Crippen LogP contribution < -0.4 is 5.32 Å². The average Bonchev–Trinajstić information content (AvgIpc) is 3.12. The molecule has 4 rings (SSSR count). The second kappa shape index (κ2) is 7.48. The average molecular weight is 375 g/mol. The number of carbonyl (C=O) groups excluding carboxylic acids is 1. The quantitative estimate of drug-likeness (QED) is 0.459. The molecule has 0 bridgehead atoms. The van der Waals surface area contributed by atoms with Crippen LogP contribution in [0, 0.1) is 0 Å². The number of anilines is 1. The summed E-state index contributed by atoms with van der Waals surface area (Å²) in [6, 6.07) is 22.2. The molecule has 1 aromatic heterocycles. The molecule has 1 N–H and O–H groups in total. The topological polar surface area (TPSA) is 55.1 Å². The Balaban J connectivity index is 1.44. The molecular formula is C22H15ClN2O2. The molecule has 0 fully saturated rings. The van der Waals surface area contributed by atoms with Gasteiger partial charge in [-0.1, -0.05) is 35.9 Å². The van der Waals surface area contributed by atoms with E-state index < -0.39 is 0 Å². The lowest BCUT2D eigenvalue weighted by atomic mass is 10.2. The molecule has 5 heteroatoms. The zero-order valence-corrected chi connectivity index (χ0v) is 15.0. The molecule has 0 spiro atoms. The Morgan fingerprint density at radius 2 is 1.70 bits per heavy atom. The molecule has 0 aliphatic carbocycles. The number of para-hydroxylation sites is 2. The highest BCUT2D eigenvalue weighted by Crippen LogP contribution is 2.25. The van der Waals surface area contributed by atoms with Crippen molar-refractivity contribution >= 4 is 40.4 Å². The number of aromatic nitrogens is 1. The number of halogens is 1. The highest BCUT2D eigenvalue weighted by molar-refractivity contribution is 6.30. The predicted molar refractivity (Wildman–Crippen MR) is 109 cm³/mol. The minimum Gasteiger partial charge on any atom is -0.436 e. The number of nitrogens with one attached hydrogen (secondary N) is 1. The van der Waals surface area contributed by atoms with Crippen molar-refractivity contribution in [3.05, 3.63) is 89.5 Å². The number of nitrogens with zero attached hydrogens (tertiary/aromatic N) is 1. The van der Waals surface area contributed by atoms with E-state index in [2.05, 4.69) is 10.3 Å². The summed E-state index contributed by atoms with van der Waals surface area (Å²) >= 11 is 5.85. The molecule has 0 aliphatic rings. The van der Waals surface area contributed by atoms with Crippen molar-refractivity contribution in [3.8, 4) is 11.5 Å². The molecule has 0 unspecified atom stereocenters. The number of fused-ring (bicyclic) bond motifs is 1. The molecule has 4 aromatic rings. The van der Waals surface area contributed by atoms with Gasteiger partial charge in [0.25, 0.3) is 0 Å². The number of rotatable bonds is 4. The van der Waals surface area contributed by atoms with E-state index in [4.69, 9.17) is 16.0 Å². The Morgan fingerprint density at radius 3 is 2.44 bits per heavy atom. The third kappa shape index (κ3) is 4.07. The van der Waals surface area contributed by atoms with E-state index in [1.54, 1.807) is 18.2 Å². The van der Waals surface area contributed by atoms with Gasteiger partial charge in [0.15, 0.2) is 5.58 Å². The molecule has 1 heterocycles. The minimum absolute atomic E-state index is 0.209. The van der Waals surface area contributed by atoms with Gasteiger partial charge in [-0.2, -0.15) is 0 Å². The van der Waals surface area contributed by atoms with E-state index in [0.29, 0.717) is 16.6 Å². The smallest absolute Gasteiger partial charge is 0.248 e. The molecule has 0 saturated carbocycles. The maximum atomic E-state index is 12.1. The number of hydrogen-bond acceptors (Lipinski definition) is 3. The number of benzene rings is 3. The summed E-state index contributed by atoms with van der Waals surface area (Å²) < 4.78 is 5.75. The first kappa shape index (κ1) is 17.1. The first-order valence-electron chi connectivity index (χ1n) is 8.38. The van der Waals surface area contributed by atoms with Crippen LogP contribution >= 0.6 is 11.6 Å². The summed E-state index contributed by atoms with van der Waals surface area (Å²) in [7, 11) is 0. The summed E-state index contributed by atoms with van der Waals surface area (Å²) in [4.78, 5) is 16.5. The van der Waals surface area contributed by atoms with Gasteiger partial charge in [0, 0.05) is 22.3 Å². The minimum atomic E-state index is -0.209. The molecule has 4 nitrogen and oxygen atoms in total. The Kier molecular flexibility index (Phi) is 4.73. The standard InChI is InChI=1S/C22H15ClN2O2/c23-17-10-5-15(6-11-17)7-14-21(26)24-18-12-8-16(9-13-18)22-25-19-3-1-2-4-20(19)27-22/h1-14H,(H,24,26)/b14-7+. The van der Waals surface area contributed by atoms with Crippen LogP contribution in [0.1, 0.15) is 5.56 Å². The first-order valence-corrected chi connectivity index (χ1v) is 8.76. The number of oxazole rings is 1. The van der Waals surface area contributed by atoms with Crippen LogP contribution in [0.15, 0.2) is 83.3 Å². The second-order valence-electron chi connectivity index (χ2n) is 5.94. The SMILES string of the molecule is O=C(/C=C/c1ccc(Cl)cc1)Nc1ccc(-c2nc3ccccc3o2)cc1. The Hall–Kier alpha value is -3.37. The first-order chi connectivity index (χ1) is 13.2. The van der Waals surface area contributed by atoms with Crippen LogP contribution in [0.3, 0.4) is 0 Å². The van der Waals surface area contributed by atoms with Crippen LogP contribution in [0.2, 0.25) is 5.02 Å². The van der Waals surface area contributed by atoms with E-state index in [-0.39, 0.29) is 5.91 Å². The Labute approximate surface area is 161 Å². The lowest BCUT2D eigenvalue weighted by Crippen LogP contribution is -2.07. The van der Waals surface area contributed by atoms with E-state index in [1.807, 2.05) is 60.7 Å². The highest BCUT2D eigenvalue weighted by Gasteiger charge is 2.07. The molecule has 0 aliphatic heterocycles. The normalized spacial score (nSPS) is 11.1. The molecule has 0 atom stereocenters. The molecule has 27 heavy (non-hydrogen) atoms. The van der Waals surface area contributed by atoms with Crippen molar-refractivity contribution in [3.63, 3.8) is 0 Å². The van der Waals surface area contributed by atoms with Crippen molar-refractivity contribution in [2.75, 3.05) is 5.32 Å². The van der Waals surface area contributed by atoms with Crippen LogP contribution in [0.25, 0.3) is 28.6 Å². The Bertz CT molecular complexity index is 1080. The number of hydrogen-bond donors (Lipinski definition) is 1. The lowest BCUT2D eigenvalue weighted by Gasteiger charge is -2.03. The largest absolute Gasteiger partial charge is 0.436 e. The molecule has 1 amide bonds. The summed E-state index contributed by atoms with van der Waals surface area (Å²) in [6.07, 6.45) is 3.22. The summed E-state index contributed by atoms with van der Waals surface area (Å²) in [6.45, 7) is 0. The van der Waals surface area contributed by atoms with Gasteiger partial charge in [-0.15, -0.1) is 0 Å². The van der Waals surface area contributed by atoms with Gasteiger partial charge in [-0.25, -0.2) is 4.98 Å². The van der Waals surface area contributed by atoms with Crippen LogP contribution in [0.4, 0.5) is 5.69 Å². The Morgan fingerprint density at radius 1 is 0.963 bits per heavy atom. The fraction of sp³-hybridized carbons (Fsp3) is 0. The fourth-order valence-electron chi connectivity index (χ4n) is 2.62. The van der Waals surface area contributed by atoms with Gasteiger partial charge < -0.3 is 9.73 Å². The fourth-order valence-corrected chi connectivity index (χ4v) is 2.75. The van der Waals surface area contributed by atoms with E-state index in [0.717, 1.165) is 22.2 Å². The van der Waals surface area contributed by atoms with Crippen molar-refractivity contribution in [2.24, 2.45) is 0 Å². The van der Waals surface area contributed by atoms with E-state index in [1.165, 1.54) is 6.08 Å². The second-order valence-corrected chi connectivity index (χ2v) is 6.37. The van der Waals surface area contributed by atoms with Crippen molar-refractivity contribution in [1.82, 2.24) is 4.98 Å². The monoisotopic (exact) mass is 374 g/mol.